The van der Waals surface area contributed by atoms with Crippen molar-refractivity contribution in [3.63, 3.8) is 0 Å². The molecule has 0 amide bonds. The molecule has 2 aromatic heterocycles. The predicted molar refractivity (Wildman–Crippen MR) is 74.0 cm³/mol. The Labute approximate surface area is 115 Å². The summed E-state index contributed by atoms with van der Waals surface area (Å²) >= 11 is 0. The topological polar surface area (TPSA) is 78.1 Å². The van der Waals surface area contributed by atoms with E-state index < -0.39 is 5.54 Å². The van der Waals surface area contributed by atoms with Crippen molar-refractivity contribution in [2.45, 2.75) is 31.7 Å². The molecule has 102 valence electrons. The SMILES string of the molecule is Cc1cccc2cc(-c3nc(C4(N)CCC4)no3)oc12. The van der Waals surface area contributed by atoms with Gasteiger partial charge in [-0.15, -0.1) is 0 Å². The van der Waals surface area contributed by atoms with Crippen LogP contribution in [0.15, 0.2) is 33.2 Å². The molecule has 0 saturated heterocycles. The highest BCUT2D eigenvalue weighted by molar-refractivity contribution is 5.84. The van der Waals surface area contributed by atoms with E-state index in [0.29, 0.717) is 17.5 Å². The fourth-order valence-corrected chi connectivity index (χ4v) is 2.62. The average molecular weight is 269 g/mol. The number of furan rings is 1. The molecule has 0 spiro atoms. The molecule has 20 heavy (non-hydrogen) atoms. The average Bonchev–Trinajstić information content (AvgIpc) is 3.02. The van der Waals surface area contributed by atoms with Gasteiger partial charge in [0.1, 0.15) is 5.58 Å². The van der Waals surface area contributed by atoms with Crippen molar-refractivity contribution in [2.75, 3.05) is 0 Å². The highest BCUT2D eigenvalue weighted by Crippen LogP contribution is 2.38. The van der Waals surface area contributed by atoms with Crippen LogP contribution < -0.4 is 5.73 Å². The number of fused-ring (bicyclic) bond motifs is 1. The first-order valence-electron chi connectivity index (χ1n) is 6.78. The molecule has 0 unspecified atom stereocenters. The van der Waals surface area contributed by atoms with E-state index in [2.05, 4.69) is 10.1 Å². The second-order valence-corrected chi connectivity index (χ2v) is 5.54. The van der Waals surface area contributed by atoms with Gasteiger partial charge in [-0.25, -0.2) is 0 Å². The molecule has 2 N–H and O–H groups in total. The van der Waals surface area contributed by atoms with E-state index in [-0.39, 0.29) is 0 Å². The van der Waals surface area contributed by atoms with Gasteiger partial charge in [0.25, 0.3) is 5.89 Å². The molecule has 1 saturated carbocycles. The number of aromatic nitrogens is 2. The zero-order chi connectivity index (χ0) is 13.7. The van der Waals surface area contributed by atoms with E-state index in [1.165, 1.54) is 0 Å². The second kappa shape index (κ2) is 3.93. The molecule has 5 heteroatoms. The number of hydrogen-bond acceptors (Lipinski definition) is 5. The molecule has 1 fully saturated rings. The van der Waals surface area contributed by atoms with Crippen molar-refractivity contribution in [3.8, 4) is 11.7 Å². The van der Waals surface area contributed by atoms with Gasteiger partial charge in [0.05, 0.1) is 5.54 Å². The Bertz CT molecular complexity index is 783. The zero-order valence-electron chi connectivity index (χ0n) is 11.2. The van der Waals surface area contributed by atoms with Crippen LogP contribution in [0.1, 0.15) is 30.7 Å². The Morgan fingerprint density at radius 3 is 2.85 bits per heavy atom. The zero-order valence-corrected chi connectivity index (χ0v) is 11.2. The van der Waals surface area contributed by atoms with Gasteiger partial charge in [0, 0.05) is 5.39 Å². The van der Waals surface area contributed by atoms with E-state index in [1.807, 2.05) is 31.2 Å². The molecule has 4 rings (SSSR count). The molecule has 0 atom stereocenters. The first kappa shape index (κ1) is 11.7. The van der Waals surface area contributed by atoms with Crippen LogP contribution in [0.4, 0.5) is 0 Å². The number of rotatable bonds is 2. The molecule has 1 aliphatic rings. The van der Waals surface area contributed by atoms with Gasteiger partial charge < -0.3 is 14.7 Å². The normalized spacial score (nSPS) is 17.3. The lowest BCUT2D eigenvalue weighted by atomic mass is 9.77. The third-order valence-corrected chi connectivity index (χ3v) is 4.07. The standard InChI is InChI=1S/C15H15N3O2/c1-9-4-2-5-10-8-11(19-12(9)10)13-17-14(18-20-13)15(16)6-3-7-15/h2,4-5,8H,3,6-7,16H2,1H3. The quantitative estimate of drug-likeness (QED) is 0.773. The Kier molecular flexibility index (Phi) is 2.29. The van der Waals surface area contributed by atoms with E-state index in [9.17, 15) is 0 Å². The monoisotopic (exact) mass is 269 g/mol. The lowest BCUT2D eigenvalue weighted by Crippen LogP contribution is -2.44. The van der Waals surface area contributed by atoms with E-state index in [4.69, 9.17) is 14.7 Å². The molecule has 0 radical (unpaired) electrons. The number of hydrogen-bond donors (Lipinski definition) is 1. The highest BCUT2D eigenvalue weighted by atomic mass is 16.5. The Morgan fingerprint density at radius 1 is 1.30 bits per heavy atom. The minimum absolute atomic E-state index is 0.396. The van der Waals surface area contributed by atoms with Crippen LogP contribution in [-0.2, 0) is 5.54 Å². The molecule has 1 aliphatic carbocycles. The van der Waals surface area contributed by atoms with Crippen LogP contribution in [-0.4, -0.2) is 10.1 Å². The first-order valence-corrected chi connectivity index (χ1v) is 6.78. The van der Waals surface area contributed by atoms with Gasteiger partial charge in [-0.3, -0.25) is 0 Å². The summed E-state index contributed by atoms with van der Waals surface area (Å²) in [7, 11) is 0. The van der Waals surface area contributed by atoms with Gasteiger partial charge in [0.15, 0.2) is 11.6 Å². The molecule has 1 aromatic carbocycles. The minimum Gasteiger partial charge on any atom is -0.451 e. The Balaban J connectivity index is 1.77. The molecule has 5 nitrogen and oxygen atoms in total. The van der Waals surface area contributed by atoms with Gasteiger partial charge >= 0.3 is 0 Å². The van der Waals surface area contributed by atoms with Gasteiger partial charge in [-0.05, 0) is 37.8 Å². The van der Waals surface area contributed by atoms with Gasteiger partial charge in [-0.2, -0.15) is 4.98 Å². The van der Waals surface area contributed by atoms with Crippen molar-refractivity contribution >= 4 is 11.0 Å². The van der Waals surface area contributed by atoms with E-state index in [0.717, 1.165) is 35.8 Å². The fraction of sp³-hybridized carbons (Fsp3) is 0.333. The van der Waals surface area contributed by atoms with Crippen molar-refractivity contribution < 1.29 is 8.94 Å². The smallest absolute Gasteiger partial charge is 0.293 e. The summed E-state index contributed by atoms with van der Waals surface area (Å²) in [6.07, 6.45) is 2.93. The number of para-hydroxylation sites is 1. The molecular formula is C15H15N3O2. The summed E-state index contributed by atoms with van der Waals surface area (Å²) in [5.74, 6) is 1.57. The van der Waals surface area contributed by atoms with Crippen LogP contribution in [0, 0.1) is 6.92 Å². The third-order valence-electron chi connectivity index (χ3n) is 4.07. The second-order valence-electron chi connectivity index (χ2n) is 5.54. The third kappa shape index (κ3) is 1.59. The molecule has 0 aliphatic heterocycles. The largest absolute Gasteiger partial charge is 0.451 e. The number of nitrogens with two attached hydrogens (primary N) is 1. The van der Waals surface area contributed by atoms with Crippen molar-refractivity contribution in [1.29, 1.82) is 0 Å². The van der Waals surface area contributed by atoms with Crippen molar-refractivity contribution in [1.82, 2.24) is 10.1 Å². The van der Waals surface area contributed by atoms with E-state index in [1.54, 1.807) is 0 Å². The summed E-state index contributed by atoms with van der Waals surface area (Å²) in [5.41, 5.74) is 7.73. The number of benzene rings is 1. The molecular weight excluding hydrogens is 254 g/mol. The summed E-state index contributed by atoms with van der Waals surface area (Å²) in [6, 6.07) is 7.93. The Morgan fingerprint density at radius 2 is 2.15 bits per heavy atom. The fourth-order valence-electron chi connectivity index (χ4n) is 2.62. The summed E-state index contributed by atoms with van der Waals surface area (Å²) in [4.78, 5) is 4.40. The minimum atomic E-state index is -0.413. The van der Waals surface area contributed by atoms with Gasteiger partial charge in [-0.1, -0.05) is 23.4 Å². The van der Waals surface area contributed by atoms with Gasteiger partial charge in [0.2, 0.25) is 0 Å². The van der Waals surface area contributed by atoms with Crippen molar-refractivity contribution in [2.24, 2.45) is 5.73 Å². The highest BCUT2D eigenvalue weighted by Gasteiger charge is 2.39. The lowest BCUT2D eigenvalue weighted by Gasteiger charge is -2.34. The maximum absolute atomic E-state index is 6.20. The first-order chi connectivity index (χ1) is 9.66. The summed E-state index contributed by atoms with van der Waals surface area (Å²) in [6.45, 7) is 2.01. The van der Waals surface area contributed by atoms with Crippen molar-refractivity contribution in [3.05, 3.63) is 35.7 Å². The van der Waals surface area contributed by atoms with E-state index >= 15 is 0 Å². The predicted octanol–water partition coefficient (Wildman–Crippen LogP) is 3.13. The summed E-state index contributed by atoms with van der Waals surface area (Å²) in [5, 5.41) is 5.04. The maximum Gasteiger partial charge on any atom is 0.293 e. The van der Waals surface area contributed by atoms with Crippen LogP contribution in [0.3, 0.4) is 0 Å². The van der Waals surface area contributed by atoms with Crippen LogP contribution in [0.2, 0.25) is 0 Å². The van der Waals surface area contributed by atoms with Crippen LogP contribution >= 0.6 is 0 Å². The molecule has 0 bridgehead atoms. The summed E-state index contributed by atoms with van der Waals surface area (Å²) < 4.78 is 11.1. The van der Waals surface area contributed by atoms with Crippen LogP contribution in [0.25, 0.3) is 22.6 Å². The van der Waals surface area contributed by atoms with Crippen LogP contribution in [0.5, 0.6) is 0 Å². The molecule has 2 heterocycles. The maximum atomic E-state index is 6.20. The number of aryl methyl sites for hydroxylation is 1. The lowest BCUT2D eigenvalue weighted by molar-refractivity contribution is 0.229. The molecule has 3 aromatic rings. The Hall–Kier alpha value is -2.14. The number of nitrogens with zero attached hydrogens (tertiary/aromatic N) is 2.